The highest BCUT2D eigenvalue weighted by Gasteiger charge is 2.12. The zero-order valence-corrected chi connectivity index (χ0v) is 8.51. The number of carbonyl (C=O) groups is 1. The van der Waals surface area contributed by atoms with E-state index in [1.54, 1.807) is 18.5 Å². The van der Waals surface area contributed by atoms with Crippen LogP contribution in [-0.2, 0) is 11.3 Å². The molecule has 0 amide bonds. The third kappa shape index (κ3) is 2.52. The molecule has 1 aromatic rings. The van der Waals surface area contributed by atoms with Gasteiger partial charge in [0.2, 0.25) is 0 Å². The second-order valence-corrected chi connectivity index (χ2v) is 3.37. The van der Waals surface area contributed by atoms with Crippen molar-refractivity contribution >= 4 is 5.97 Å². The van der Waals surface area contributed by atoms with Crippen LogP contribution in [0.2, 0.25) is 0 Å². The first-order chi connectivity index (χ1) is 7.75. The number of carboxylic acids is 1. The lowest BCUT2D eigenvalue weighted by molar-refractivity contribution is -0.132. The minimum Gasteiger partial charge on any atom is -0.478 e. The van der Waals surface area contributed by atoms with Crippen molar-refractivity contribution in [3.05, 3.63) is 48.1 Å². The van der Waals surface area contributed by atoms with E-state index >= 15 is 0 Å². The lowest BCUT2D eigenvalue weighted by Gasteiger charge is -2.18. The van der Waals surface area contributed by atoms with Crippen molar-refractivity contribution in [2.45, 2.75) is 12.7 Å². The van der Waals surface area contributed by atoms with Gasteiger partial charge in [0, 0.05) is 0 Å². The molecule has 0 spiro atoms. The number of nitrogens with one attached hydrogen (secondary N) is 2. The summed E-state index contributed by atoms with van der Waals surface area (Å²) >= 11 is 0. The number of carboxylic acid groups (broad SMARTS) is 1. The predicted molar refractivity (Wildman–Crippen MR) is 57.3 cm³/mol. The van der Waals surface area contributed by atoms with Crippen LogP contribution in [0.4, 0.5) is 0 Å². The average Bonchev–Trinajstić information content (AvgIpc) is 2.79. The SMILES string of the molecule is O=C(O)C1=CC(NCc2ccco2)NC=C1. The Morgan fingerprint density at radius 2 is 2.50 bits per heavy atom. The number of rotatable bonds is 4. The Morgan fingerprint density at radius 3 is 3.19 bits per heavy atom. The summed E-state index contributed by atoms with van der Waals surface area (Å²) in [6.45, 7) is 0.544. The first-order valence-corrected chi connectivity index (χ1v) is 4.89. The van der Waals surface area contributed by atoms with Crippen molar-refractivity contribution in [1.29, 1.82) is 0 Å². The molecule has 1 aromatic heterocycles. The van der Waals surface area contributed by atoms with E-state index in [2.05, 4.69) is 10.6 Å². The Bertz CT molecular complexity index is 420. The lowest BCUT2D eigenvalue weighted by Crippen LogP contribution is -2.39. The average molecular weight is 220 g/mol. The molecule has 0 saturated heterocycles. The predicted octanol–water partition coefficient (Wildman–Crippen LogP) is 0.823. The second-order valence-electron chi connectivity index (χ2n) is 3.37. The summed E-state index contributed by atoms with van der Waals surface area (Å²) in [7, 11) is 0. The number of aliphatic carboxylic acids is 1. The molecule has 5 nitrogen and oxygen atoms in total. The topological polar surface area (TPSA) is 74.5 Å². The number of dihydropyridines is 1. The highest BCUT2D eigenvalue weighted by atomic mass is 16.4. The first-order valence-electron chi connectivity index (χ1n) is 4.89. The molecule has 2 heterocycles. The molecule has 1 aliphatic rings. The Balaban J connectivity index is 1.91. The monoisotopic (exact) mass is 220 g/mol. The van der Waals surface area contributed by atoms with Crippen LogP contribution < -0.4 is 10.6 Å². The van der Waals surface area contributed by atoms with Gasteiger partial charge in [0.05, 0.1) is 24.5 Å². The summed E-state index contributed by atoms with van der Waals surface area (Å²) in [4.78, 5) is 10.7. The van der Waals surface area contributed by atoms with Gasteiger partial charge in [0.15, 0.2) is 0 Å². The number of hydrogen-bond acceptors (Lipinski definition) is 4. The summed E-state index contributed by atoms with van der Waals surface area (Å²) in [6.07, 6.45) is 6.16. The van der Waals surface area contributed by atoms with Crippen molar-refractivity contribution in [2.24, 2.45) is 0 Å². The quantitative estimate of drug-likeness (QED) is 0.700. The van der Waals surface area contributed by atoms with Gasteiger partial charge in [-0.1, -0.05) is 0 Å². The largest absolute Gasteiger partial charge is 0.478 e. The molecule has 0 saturated carbocycles. The molecule has 0 radical (unpaired) electrons. The van der Waals surface area contributed by atoms with Crippen LogP contribution in [0.3, 0.4) is 0 Å². The molecule has 2 rings (SSSR count). The van der Waals surface area contributed by atoms with Crippen LogP contribution in [-0.4, -0.2) is 17.2 Å². The van der Waals surface area contributed by atoms with E-state index < -0.39 is 5.97 Å². The fourth-order valence-corrected chi connectivity index (χ4v) is 1.41. The minimum absolute atomic E-state index is 0.193. The molecule has 0 aromatic carbocycles. The molecule has 0 aliphatic carbocycles. The molecule has 0 fully saturated rings. The molecule has 3 N–H and O–H groups in total. The van der Waals surface area contributed by atoms with Crippen molar-refractivity contribution < 1.29 is 14.3 Å². The van der Waals surface area contributed by atoms with Gasteiger partial charge in [0.1, 0.15) is 5.76 Å². The number of hydrogen-bond donors (Lipinski definition) is 3. The van der Waals surface area contributed by atoms with E-state index in [1.165, 1.54) is 6.08 Å². The van der Waals surface area contributed by atoms with Crippen molar-refractivity contribution in [3.8, 4) is 0 Å². The van der Waals surface area contributed by atoms with E-state index in [1.807, 2.05) is 12.1 Å². The summed E-state index contributed by atoms with van der Waals surface area (Å²) < 4.78 is 5.15. The van der Waals surface area contributed by atoms with Gasteiger partial charge in [-0.3, -0.25) is 5.32 Å². The number of furan rings is 1. The first kappa shape index (κ1) is 10.5. The summed E-state index contributed by atoms with van der Waals surface area (Å²) in [5.41, 5.74) is 0.274. The Kier molecular flexibility index (Phi) is 3.07. The second kappa shape index (κ2) is 4.67. The zero-order valence-electron chi connectivity index (χ0n) is 8.51. The van der Waals surface area contributed by atoms with Gasteiger partial charge in [-0.25, -0.2) is 4.79 Å². The molecule has 1 unspecified atom stereocenters. The van der Waals surface area contributed by atoms with Crippen LogP contribution in [0.25, 0.3) is 0 Å². The summed E-state index contributed by atoms with van der Waals surface area (Å²) in [5, 5.41) is 14.9. The van der Waals surface area contributed by atoms with Gasteiger partial charge < -0.3 is 14.8 Å². The van der Waals surface area contributed by atoms with Crippen molar-refractivity contribution in [2.75, 3.05) is 0 Å². The Labute approximate surface area is 92.5 Å². The Morgan fingerprint density at radius 1 is 1.62 bits per heavy atom. The van der Waals surface area contributed by atoms with E-state index in [9.17, 15) is 4.79 Å². The zero-order chi connectivity index (χ0) is 11.4. The van der Waals surface area contributed by atoms with E-state index in [0.29, 0.717) is 6.54 Å². The van der Waals surface area contributed by atoms with Gasteiger partial charge in [0.25, 0.3) is 0 Å². The maximum Gasteiger partial charge on any atom is 0.335 e. The standard InChI is InChI=1S/C11H12N2O3/c14-11(15)8-3-4-12-10(6-8)13-7-9-2-1-5-16-9/h1-6,10,12-13H,7H2,(H,14,15). The third-order valence-electron chi connectivity index (χ3n) is 2.21. The van der Waals surface area contributed by atoms with Gasteiger partial charge in [-0.2, -0.15) is 0 Å². The van der Waals surface area contributed by atoms with E-state index in [0.717, 1.165) is 5.76 Å². The lowest BCUT2D eigenvalue weighted by atomic mass is 10.2. The van der Waals surface area contributed by atoms with Crippen LogP contribution in [0.1, 0.15) is 5.76 Å². The van der Waals surface area contributed by atoms with Gasteiger partial charge in [-0.05, 0) is 30.5 Å². The van der Waals surface area contributed by atoms with Gasteiger partial charge >= 0.3 is 5.97 Å². The molecular formula is C11H12N2O3. The molecule has 0 bridgehead atoms. The van der Waals surface area contributed by atoms with Crippen LogP contribution in [0.5, 0.6) is 0 Å². The van der Waals surface area contributed by atoms with Crippen molar-refractivity contribution in [1.82, 2.24) is 10.6 Å². The fraction of sp³-hybridized carbons (Fsp3) is 0.182. The van der Waals surface area contributed by atoms with Crippen LogP contribution in [0, 0.1) is 0 Å². The smallest absolute Gasteiger partial charge is 0.335 e. The highest BCUT2D eigenvalue weighted by Crippen LogP contribution is 2.05. The molecule has 84 valence electrons. The Hall–Kier alpha value is -2.01. The fourth-order valence-electron chi connectivity index (χ4n) is 1.41. The highest BCUT2D eigenvalue weighted by molar-refractivity contribution is 5.90. The van der Waals surface area contributed by atoms with Crippen molar-refractivity contribution in [3.63, 3.8) is 0 Å². The van der Waals surface area contributed by atoms with Gasteiger partial charge in [-0.15, -0.1) is 0 Å². The van der Waals surface area contributed by atoms with E-state index in [4.69, 9.17) is 9.52 Å². The van der Waals surface area contributed by atoms with Crippen LogP contribution >= 0.6 is 0 Å². The summed E-state index contributed by atoms with van der Waals surface area (Å²) in [6, 6.07) is 3.66. The molecular weight excluding hydrogens is 208 g/mol. The summed E-state index contributed by atoms with van der Waals surface area (Å²) in [5.74, 6) is -0.121. The molecule has 1 atom stereocenters. The third-order valence-corrected chi connectivity index (χ3v) is 2.21. The van der Waals surface area contributed by atoms with Crippen LogP contribution in [0.15, 0.2) is 46.7 Å². The van der Waals surface area contributed by atoms with E-state index in [-0.39, 0.29) is 11.7 Å². The molecule has 5 heteroatoms. The maximum atomic E-state index is 10.7. The normalized spacial score (nSPS) is 19.0. The molecule has 1 aliphatic heterocycles. The molecule has 16 heavy (non-hydrogen) atoms. The maximum absolute atomic E-state index is 10.7. The minimum atomic E-state index is -0.928.